The fourth-order valence-corrected chi connectivity index (χ4v) is 2.76. The molecule has 3 N–H and O–H groups in total. The standard InChI is InChI=1S/C14H21BrN2O.ClH/c1-10(11-3-2-4-13(15)5-11)6-16-7-12-8-17-9-14(12)18;/h2-5,10,12,14,16-18H,6-9H2,1H3;1H. The molecule has 3 unspecified atom stereocenters. The summed E-state index contributed by atoms with van der Waals surface area (Å²) in [4.78, 5) is 0. The number of rotatable bonds is 5. The second-order valence-corrected chi connectivity index (χ2v) is 6.02. The van der Waals surface area contributed by atoms with Gasteiger partial charge in [0.15, 0.2) is 0 Å². The molecular weight excluding hydrogens is 328 g/mol. The van der Waals surface area contributed by atoms with Gasteiger partial charge in [-0.1, -0.05) is 35.0 Å². The van der Waals surface area contributed by atoms with Crippen molar-refractivity contribution in [1.82, 2.24) is 10.6 Å². The molecule has 1 aliphatic rings. The van der Waals surface area contributed by atoms with E-state index in [0.29, 0.717) is 11.8 Å². The average molecular weight is 350 g/mol. The smallest absolute Gasteiger partial charge is 0.0716 e. The first kappa shape index (κ1) is 16.9. The van der Waals surface area contributed by atoms with Crippen molar-refractivity contribution < 1.29 is 5.11 Å². The molecule has 0 aliphatic carbocycles. The Balaban J connectivity index is 0.00000180. The Morgan fingerprint density at radius 2 is 2.26 bits per heavy atom. The maximum absolute atomic E-state index is 9.70. The lowest BCUT2D eigenvalue weighted by atomic mass is 10.0. The van der Waals surface area contributed by atoms with E-state index < -0.39 is 0 Å². The minimum Gasteiger partial charge on any atom is -0.391 e. The molecule has 0 saturated carbocycles. The van der Waals surface area contributed by atoms with E-state index in [1.807, 2.05) is 6.07 Å². The molecule has 0 bridgehead atoms. The van der Waals surface area contributed by atoms with Gasteiger partial charge in [0, 0.05) is 36.6 Å². The Bertz CT molecular complexity index is 391. The van der Waals surface area contributed by atoms with Crippen LogP contribution in [0.4, 0.5) is 0 Å². The molecule has 1 aromatic carbocycles. The molecule has 3 atom stereocenters. The van der Waals surface area contributed by atoms with Crippen molar-refractivity contribution in [2.75, 3.05) is 26.2 Å². The molecule has 0 amide bonds. The summed E-state index contributed by atoms with van der Waals surface area (Å²) in [6.45, 7) is 5.69. The Morgan fingerprint density at radius 1 is 1.47 bits per heavy atom. The molecule has 0 spiro atoms. The molecular formula is C14H22BrClN2O. The molecule has 5 heteroatoms. The van der Waals surface area contributed by atoms with Crippen LogP contribution in [0.15, 0.2) is 28.7 Å². The fourth-order valence-electron chi connectivity index (χ4n) is 2.34. The van der Waals surface area contributed by atoms with Gasteiger partial charge in [-0.2, -0.15) is 0 Å². The molecule has 1 heterocycles. The van der Waals surface area contributed by atoms with Gasteiger partial charge in [-0.05, 0) is 23.6 Å². The van der Waals surface area contributed by atoms with E-state index in [1.54, 1.807) is 0 Å². The van der Waals surface area contributed by atoms with Gasteiger partial charge >= 0.3 is 0 Å². The number of hydrogen-bond donors (Lipinski definition) is 3. The number of benzene rings is 1. The number of halogens is 2. The molecule has 1 fully saturated rings. The van der Waals surface area contributed by atoms with Gasteiger partial charge < -0.3 is 15.7 Å². The van der Waals surface area contributed by atoms with Gasteiger partial charge in [-0.3, -0.25) is 0 Å². The van der Waals surface area contributed by atoms with Gasteiger partial charge in [0.1, 0.15) is 0 Å². The summed E-state index contributed by atoms with van der Waals surface area (Å²) in [6, 6.07) is 8.44. The lowest BCUT2D eigenvalue weighted by molar-refractivity contribution is 0.146. The van der Waals surface area contributed by atoms with Crippen molar-refractivity contribution in [3.63, 3.8) is 0 Å². The molecule has 19 heavy (non-hydrogen) atoms. The predicted molar refractivity (Wildman–Crippen MR) is 85.0 cm³/mol. The van der Waals surface area contributed by atoms with Gasteiger partial charge in [-0.25, -0.2) is 0 Å². The molecule has 108 valence electrons. The van der Waals surface area contributed by atoms with Crippen molar-refractivity contribution in [1.29, 1.82) is 0 Å². The van der Waals surface area contributed by atoms with Crippen LogP contribution in [-0.2, 0) is 0 Å². The summed E-state index contributed by atoms with van der Waals surface area (Å²) in [6.07, 6.45) is -0.196. The summed E-state index contributed by atoms with van der Waals surface area (Å²) in [5.74, 6) is 0.828. The summed E-state index contributed by atoms with van der Waals surface area (Å²) >= 11 is 3.50. The second-order valence-electron chi connectivity index (χ2n) is 5.10. The Hall–Kier alpha value is -0.130. The van der Waals surface area contributed by atoms with Crippen molar-refractivity contribution in [3.05, 3.63) is 34.3 Å². The zero-order valence-corrected chi connectivity index (χ0v) is 13.5. The van der Waals surface area contributed by atoms with Crippen molar-refractivity contribution in [3.8, 4) is 0 Å². The van der Waals surface area contributed by atoms with Gasteiger partial charge in [0.05, 0.1) is 6.10 Å². The first-order valence-electron chi connectivity index (χ1n) is 6.52. The van der Waals surface area contributed by atoms with Crippen LogP contribution in [0.25, 0.3) is 0 Å². The van der Waals surface area contributed by atoms with Crippen LogP contribution in [0.1, 0.15) is 18.4 Å². The highest BCUT2D eigenvalue weighted by molar-refractivity contribution is 9.10. The summed E-state index contributed by atoms with van der Waals surface area (Å²) in [5.41, 5.74) is 1.34. The van der Waals surface area contributed by atoms with Crippen LogP contribution < -0.4 is 10.6 Å². The average Bonchev–Trinajstić information content (AvgIpc) is 2.75. The Kier molecular flexibility index (Phi) is 7.32. The Morgan fingerprint density at radius 3 is 2.89 bits per heavy atom. The normalized spacial score (nSPS) is 23.9. The van der Waals surface area contributed by atoms with Crippen LogP contribution in [0.5, 0.6) is 0 Å². The predicted octanol–water partition coefficient (Wildman–Crippen LogP) is 2.14. The third-order valence-electron chi connectivity index (χ3n) is 3.58. The van der Waals surface area contributed by atoms with Crippen molar-refractivity contribution in [2.45, 2.75) is 18.9 Å². The monoisotopic (exact) mass is 348 g/mol. The highest BCUT2D eigenvalue weighted by Crippen LogP contribution is 2.19. The van der Waals surface area contributed by atoms with Crippen LogP contribution in [0.2, 0.25) is 0 Å². The molecule has 2 rings (SSSR count). The second kappa shape index (κ2) is 8.22. The topological polar surface area (TPSA) is 44.3 Å². The van der Waals surface area contributed by atoms with E-state index in [9.17, 15) is 5.11 Å². The highest BCUT2D eigenvalue weighted by atomic mass is 79.9. The zero-order chi connectivity index (χ0) is 13.0. The summed E-state index contributed by atoms with van der Waals surface area (Å²) < 4.78 is 1.13. The van der Waals surface area contributed by atoms with E-state index in [0.717, 1.165) is 30.7 Å². The summed E-state index contributed by atoms with van der Waals surface area (Å²) in [7, 11) is 0. The largest absolute Gasteiger partial charge is 0.391 e. The minimum atomic E-state index is -0.196. The number of nitrogens with one attached hydrogen (secondary N) is 2. The quantitative estimate of drug-likeness (QED) is 0.763. The number of aliphatic hydroxyl groups excluding tert-OH is 1. The van der Waals surface area contributed by atoms with Crippen LogP contribution in [0, 0.1) is 5.92 Å². The maximum Gasteiger partial charge on any atom is 0.0716 e. The lowest BCUT2D eigenvalue weighted by Crippen LogP contribution is -2.32. The third-order valence-corrected chi connectivity index (χ3v) is 4.07. The number of hydrogen-bond acceptors (Lipinski definition) is 3. The van der Waals surface area contributed by atoms with E-state index in [1.165, 1.54) is 5.56 Å². The van der Waals surface area contributed by atoms with E-state index in [4.69, 9.17) is 0 Å². The van der Waals surface area contributed by atoms with Crippen LogP contribution in [-0.4, -0.2) is 37.4 Å². The number of aliphatic hydroxyl groups is 1. The van der Waals surface area contributed by atoms with Crippen molar-refractivity contribution in [2.24, 2.45) is 5.92 Å². The van der Waals surface area contributed by atoms with Crippen LogP contribution >= 0.6 is 28.3 Å². The summed E-state index contributed by atoms with van der Waals surface area (Å²) in [5, 5.41) is 16.4. The van der Waals surface area contributed by atoms with Gasteiger partial charge in [-0.15, -0.1) is 12.4 Å². The fraction of sp³-hybridized carbons (Fsp3) is 0.571. The first-order valence-corrected chi connectivity index (χ1v) is 7.31. The molecule has 0 radical (unpaired) electrons. The molecule has 1 saturated heterocycles. The zero-order valence-electron chi connectivity index (χ0n) is 11.1. The third kappa shape index (κ3) is 5.04. The van der Waals surface area contributed by atoms with Gasteiger partial charge in [0.2, 0.25) is 0 Å². The van der Waals surface area contributed by atoms with Gasteiger partial charge in [0.25, 0.3) is 0 Å². The van der Waals surface area contributed by atoms with E-state index in [2.05, 4.69) is 51.7 Å². The highest BCUT2D eigenvalue weighted by Gasteiger charge is 2.24. The van der Waals surface area contributed by atoms with Crippen LogP contribution in [0.3, 0.4) is 0 Å². The minimum absolute atomic E-state index is 0. The van der Waals surface area contributed by atoms with E-state index in [-0.39, 0.29) is 18.5 Å². The molecule has 1 aromatic rings. The molecule has 1 aliphatic heterocycles. The van der Waals surface area contributed by atoms with E-state index >= 15 is 0 Å². The lowest BCUT2D eigenvalue weighted by Gasteiger charge is -2.17. The first-order chi connectivity index (χ1) is 8.66. The molecule has 3 nitrogen and oxygen atoms in total. The van der Waals surface area contributed by atoms with Crippen molar-refractivity contribution >= 4 is 28.3 Å². The number of β-amino-alcohol motifs (C(OH)–C–C–N with tert-alkyl or cyclic N) is 1. The Labute approximate surface area is 129 Å². The molecule has 0 aromatic heterocycles. The maximum atomic E-state index is 9.70. The SMILES string of the molecule is CC(CNCC1CNCC1O)c1cccc(Br)c1.Cl.